The first-order chi connectivity index (χ1) is 9.49. The van der Waals surface area contributed by atoms with E-state index in [0.29, 0.717) is 17.0 Å². The van der Waals surface area contributed by atoms with E-state index in [1.54, 1.807) is 0 Å². The number of rotatable bonds is 5. The van der Waals surface area contributed by atoms with Crippen molar-refractivity contribution in [2.45, 2.75) is 45.6 Å². The van der Waals surface area contributed by atoms with Crippen LogP contribution >= 0.6 is 11.6 Å². The van der Waals surface area contributed by atoms with Crippen LogP contribution in [-0.4, -0.2) is 18.4 Å². The molecule has 0 heterocycles. The van der Waals surface area contributed by atoms with Crippen molar-refractivity contribution in [1.29, 1.82) is 5.41 Å². The zero-order valence-electron chi connectivity index (χ0n) is 12.3. The third-order valence-corrected chi connectivity index (χ3v) is 4.12. The quantitative estimate of drug-likeness (QED) is 0.636. The van der Waals surface area contributed by atoms with E-state index >= 15 is 0 Å². The monoisotopic (exact) mass is 293 g/mol. The summed E-state index contributed by atoms with van der Waals surface area (Å²) in [5, 5.41) is 8.51. The molecule has 20 heavy (non-hydrogen) atoms. The van der Waals surface area contributed by atoms with E-state index in [9.17, 15) is 0 Å². The fourth-order valence-corrected chi connectivity index (χ4v) is 3.19. The number of nitrogens with one attached hydrogen (secondary N) is 1. The largest absolute Gasteiger partial charge is 0.384 e. The first kappa shape index (κ1) is 15.2. The Hall–Kier alpha value is -1.22. The first-order valence-corrected chi connectivity index (χ1v) is 7.77. The molecule has 0 bridgehead atoms. The molecule has 2 rings (SSSR count). The second kappa shape index (κ2) is 6.49. The predicted octanol–water partition coefficient (Wildman–Crippen LogP) is 4.03. The number of hydrogen-bond acceptors (Lipinski definition) is 2. The Kier molecular flexibility index (Phi) is 4.92. The molecule has 0 aromatic heterocycles. The molecule has 0 aliphatic heterocycles. The highest BCUT2D eigenvalue weighted by atomic mass is 35.5. The van der Waals surface area contributed by atoms with Gasteiger partial charge in [-0.1, -0.05) is 38.3 Å². The van der Waals surface area contributed by atoms with E-state index in [2.05, 4.69) is 18.7 Å². The maximum atomic E-state index is 7.80. The third kappa shape index (κ3) is 3.45. The van der Waals surface area contributed by atoms with Gasteiger partial charge >= 0.3 is 0 Å². The molecular weight excluding hydrogens is 270 g/mol. The summed E-state index contributed by atoms with van der Waals surface area (Å²) in [6, 6.07) is 6.18. The molecule has 0 unspecified atom stereocenters. The lowest BCUT2D eigenvalue weighted by atomic mass is 10.1. The van der Waals surface area contributed by atoms with Crippen LogP contribution in [0, 0.1) is 11.3 Å². The number of benzene rings is 1. The van der Waals surface area contributed by atoms with Crippen molar-refractivity contribution in [3.05, 3.63) is 28.8 Å². The maximum absolute atomic E-state index is 7.80. The summed E-state index contributed by atoms with van der Waals surface area (Å²) in [5.41, 5.74) is 7.56. The maximum Gasteiger partial charge on any atom is 0.124 e. The van der Waals surface area contributed by atoms with E-state index in [0.717, 1.165) is 17.8 Å². The van der Waals surface area contributed by atoms with Gasteiger partial charge in [0, 0.05) is 28.9 Å². The summed E-state index contributed by atoms with van der Waals surface area (Å²) in [5.74, 6) is 0.679. The molecule has 1 aromatic rings. The SMILES string of the molecule is CC(C)CN(c1cc(Cl)ccc1C(=N)N)C1CCCC1. The van der Waals surface area contributed by atoms with E-state index in [-0.39, 0.29) is 5.84 Å². The van der Waals surface area contributed by atoms with Crippen molar-refractivity contribution in [1.82, 2.24) is 0 Å². The Bertz CT molecular complexity index is 479. The highest BCUT2D eigenvalue weighted by molar-refractivity contribution is 6.31. The number of anilines is 1. The Labute approximate surface area is 126 Å². The van der Waals surface area contributed by atoms with Crippen LogP contribution in [-0.2, 0) is 0 Å². The lowest BCUT2D eigenvalue weighted by Gasteiger charge is -2.34. The Balaban J connectivity index is 2.40. The van der Waals surface area contributed by atoms with Crippen LogP contribution < -0.4 is 10.6 Å². The summed E-state index contributed by atoms with van der Waals surface area (Å²) in [6.45, 7) is 5.42. The molecule has 0 spiro atoms. The Morgan fingerprint density at radius 2 is 2.05 bits per heavy atom. The molecule has 0 radical (unpaired) electrons. The summed E-state index contributed by atoms with van der Waals surface area (Å²) in [4.78, 5) is 2.42. The zero-order valence-corrected chi connectivity index (χ0v) is 13.1. The van der Waals surface area contributed by atoms with Gasteiger partial charge in [-0.2, -0.15) is 0 Å². The minimum atomic E-state index is 0.114. The molecule has 1 saturated carbocycles. The van der Waals surface area contributed by atoms with E-state index in [1.165, 1.54) is 25.7 Å². The molecule has 3 nitrogen and oxygen atoms in total. The summed E-state index contributed by atoms with van der Waals surface area (Å²) >= 11 is 6.17. The van der Waals surface area contributed by atoms with Crippen molar-refractivity contribution in [2.75, 3.05) is 11.4 Å². The average Bonchev–Trinajstić information content (AvgIpc) is 2.88. The van der Waals surface area contributed by atoms with Crippen molar-refractivity contribution in [3.8, 4) is 0 Å². The molecule has 0 saturated heterocycles. The van der Waals surface area contributed by atoms with Gasteiger partial charge in [-0.3, -0.25) is 5.41 Å². The highest BCUT2D eigenvalue weighted by Gasteiger charge is 2.25. The first-order valence-electron chi connectivity index (χ1n) is 7.39. The van der Waals surface area contributed by atoms with E-state index in [1.807, 2.05) is 18.2 Å². The van der Waals surface area contributed by atoms with Gasteiger partial charge in [0.1, 0.15) is 5.84 Å². The molecule has 0 amide bonds. The summed E-state index contributed by atoms with van der Waals surface area (Å²) < 4.78 is 0. The van der Waals surface area contributed by atoms with Crippen LogP contribution in [0.4, 0.5) is 5.69 Å². The molecule has 3 N–H and O–H groups in total. The number of nitrogen functional groups attached to an aromatic ring is 1. The normalized spacial score (nSPS) is 15.8. The number of nitrogens with zero attached hydrogens (tertiary/aromatic N) is 1. The molecule has 1 aliphatic rings. The van der Waals surface area contributed by atoms with Crippen LogP contribution in [0.5, 0.6) is 0 Å². The molecular formula is C16H24ClN3. The van der Waals surface area contributed by atoms with Gasteiger partial charge in [0.05, 0.1) is 0 Å². The van der Waals surface area contributed by atoms with Crippen LogP contribution in [0.1, 0.15) is 45.1 Å². The van der Waals surface area contributed by atoms with Crippen LogP contribution in [0.15, 0.2) is 18.2 Å². The minimum Gasteiger partial charge on any atom is -0.384 e. The van der Waals surface area contributed by atoms with E-state index in [4.69, 9.17) is 22.7 Å². The van der Waals surface area contributed by atoms with Gasteiger partial charge < -0.3 is 10.6 Å². The zero-order chi connectivity index (χ0) is 14.7. The third-order valence-electron chi connectivity index (χ3n) is 3.89. The van der Waals surface area contributed by atoms with Crippen molar-refractivity contribution >= 4 is 23.1 Å². The van der Waals surface area contributed by atoms with Crippen LogP contribution in [0.2, 0.25) is 5.02 Å². The molecule has 0 atom stereocenters. The second-order valence-corrected chi connectivity index (χ2v) is 6.50. The smallest absolute Gasteiger partial charge is 0.124 e. The Morgan fingerprint density at radius 1 is 1.40 bits per heavy atom. The van der Waals surface area contributed by atoms with Gasteiger partial charge in [-0.25, -0.2) is 0 Å². The lowest BCUT2D eigenvalue weighted by Crippen LogP contribution is -2.37. The Morgan fingerprint density at radius 3 is 2.60 bits per heavy atom. The second-order valence-electron chi connectivity index (χ2n) is 6.06. The minimum absolute atomic E-state index is 0.114. The number of halogens is 1. The molecule has 1 aliphatic carbocycles. The predicted molar refractivity (Wildman–Crippen MR) is 86.9 cm³/mol. The lowest BCUT2D eigenvalue weighted by molar-refractivity contribution is 0.535. The number of hydrogen-bond donors (Lipinski definition) is 2. The fraction of sp³-hybridized carbons (Fsp3) is 0.562. The molecule has 110 valence electrons. The van der Waals surface area contributed by atoms with Gasteiger partial charge in [0.15, 0.2) is 0 Å². The van der Waals surface area contributed by atoms with Crippen molar-refractivity contribution in [3.63, 3.8) is 0 Å². The van der Waals surface area contributed by atoms with Gasteiger partial charge in [-0.15, -0.1) is 0 Å². The van der Waals surface area contributed by atoms with Gasteiger partial charge in [0.25, 0.3) is 0 Å². The van der Waals surface area contributed by atoms with Gasteiger partial charge in [-0.05, 0) is 37.0 Å². The average molecular weight is 294 g/mol. The van der Waals surface area contributed by atoms with Crippen LogP contribution in [0.3, 0.4) is 0 Å². The molecule has 1 aromatic carbocycles. The standard InChI is InChI=1S/C16H24ClN3/c1-11(2)10-20(13-5-3-4-6-13)15-9-12(17)7-8-14(15)16(18)19/h7-9,11,13H,3-6,10H2,1-2H3,(H3,18,19). The van der Waals surface area contributed by atoms with Crippen LogP contribution in [0.25, 0.3) is 0 Å². The van der Waals surface area contributed by atoms with Gasteiger partial charge in [0.2, 0.25) is 0 Å². The van der Waals surface area contributed by atoms with E-state index < -0.39 is 0 Å². The summed E-state index contributed by atoms with van der Waals surface area (Å²) in [6.07, 6.45) is 5.01. The molecule has 4 heteroatoms. The summed E-state index contributed by atoms with van der Waals surface area (Å²) in [7, 11) is 0. The van der Waals surface area contributed by atoms with Crippen molar-refractivity contribution < 1.29 is 0 Å². The number of nitrogens with two attached hydrogens (primary N) is 1. The topological polar surface area (TPSA) is 53.1 Å². The highest BCUT2D eigenvalue weighted by Crippen LogP contribution is 2.32. The molecule has 1 fully saturated rings. The fourth-order valence-electron chi connectivity index (χ4n) is 3.02. The van der Waals surface area contributed by atoms with Crippen molar-refractivity contribution in [2.24, 2.45) is 11.7 Å². The number of amidine groups is 1.